The van der Waals surface area contributed by atoms with Gasteiger partial charge in [0.15, 0.2) is 0 Å². The van der Waals surface area contributed by atoms with Crippen molar-refractivity contribution in [2.24, 2.45) is 0 Å². The van der Waals surface area contributed by atoms with E-state index in [1.807, 2.05) is 19.1 Å². The van der Waals surface area contributed by atoms with Gasteiger partial charge in [0.05, 0.1) is 7.11 Å². The van der Waals surface area contributed by atoms with Crippen LogP contribution in [0.25, 0.3) is 0 Å². The first-order chi connectivity index (χ1) is 8.43. The van der Waals surface area contributed by atoms with Crippen molar-refractivity contribution in [3.8, 4) is 5.75 Å². The Kier molecular flexibility index (Phi) is 4.95. The Morgan fingerprint density at radius 2 is 2.11 bits per heavy atom. The quantitative estimate of drug-likeness (QED) is 0.812. The number of carboxylic acids is 1. The molecule has 1 aromatic carbocycles. The van der Waals surface area contributed by atoms with Gasteiger partial charge in [-0.15, -0.1) is 0 Å². The van der Waals surface area contributed by atoms with E-state index in [0.717, 1.165) is 22.4 Å². The summed E-state index contributed by atoms with van der Waals surface area (Å²) in [5.74, 6) is 0.363. The van der Waals surface area contributed by atoms with Gasteiger partial charge >= 0.3 is 5.97 Å². The standard InChI is InChI=1S/C15H20O3/c1-10(2)13-9-12(5-6-14(13)18-4)7-11(3)8-15(16)17/h5-6,8-10H,7H2,1-4H3,(H,16,17)/b11-8+. The minimum Gasteiger partial charge on any atom is -0.496 e. The van der Waals surface area contributed by atoms with Crippen molar-refractivity contribution in [2.45, 2.75) is 33.1 Å². The van der Waals surface area contributed by atoms with E-state index >= 15 is 0 Å². The molecule has 0 aliphatic rings. The molecule has 0 aromatic heterocycles. The maximum Gasteiger partial charge on any atom is 0.328 e. The summed E-state index contributed by atoms with van der Waals surface area (Å²) in [5.41, 5.74) is 3.09. The molecular weight excluding hydrogens is 228 g/mol. The maximum atomic E-state index is 10.6. The summed E-state index contributed by atoms with van der Waals surface area (Å²) in [6.07, 6.45) is 1.90. The first-order valence-corrected chi connectivity index (χ1v) is 6.01. The molecule has 0 aliphatic heterocycles. The van der Waals surface area contributed by atoms with E-state index < -0.39 is 5.97 Å². The number of methoxy groups -OCH3 is 1. The highest BCUT2D eigenvalue weighted by Crippen LogP contribution is 2.28. The van der Waals surface area contributed by atoms with Crippen LogP contribution in [0.3, 0.4) is 0 Å². The molecule has 0 aliphatic carbocycles. The fourth-order valence-electron chi connectivity index (χ4n) is 1.93. The van der Waals surface area contributed by atoms with E-state index in [4.69, 9.17) is 9.84 Å². The van der Waals surface area contributed by atoms with Gasteiger partial charge in [-0.05, 0) is 36.5 Å². The van der Waals surface area contributed by atoms with Gasteiger partial charge in [-0.3, -0.25) is 0 Å². The van der Waals surface area contributed by atoms with Crippen LogP contribution < -0.4 is 4.74 Å². The number of aliphatic carboxylic acids is 1. The van der Waals surface area contributed by atoms with Gasteiger partial charge in [0.25, 0.3) is 0 Å². The predicted octanol–water partition coefficient (Wildman–Crippen LogP) is 3.39. The summed E-state index contributed by atoms with van der Waals surface area (Å²) in [7, 11) is 1.66. The van der Waals surface area contributed by atoms with Crippen molar-refractivity contribution >= 4 is 5.97 Å². The molecule has 3 nitrogen and oxygen atoms in total. The number of carboxylic acid groups (broad SMARTS) is 1. The topological polar surface area (TPSA) is 46.5 Å². The van der Waals surface area contributed by atoms with Gasteiger partial charge in [-0.25, -0.2) is 4.79 Å². The minimum atomic E-state index is -0.898. The van der Waals surface area contributed by atoms with Crippen LogP contribution >= 0.6 is 0 Å². The molecule has 1 rings (SSSR count). The highest BCUT2D eigenvalue weighted by Gasteiger charge is 2.08. The second-order valence-corrected chi connectivity index (χ2v) is 4.74. The molecule has 0 bridgehead atoms. The lowest BCUT2D eigenvalue weighted by atomic mass is 9.97. The molecule has 0 saturated carbocycles. The van der Waals surface area contributed by atoms with E-state index in [1.54, 1.807) is 7.11 Å². The maximum absolute atomic E-state index is 10.6. The summed E-state index contributed by atoms with van der Waals surface area (Å²) in [6, 6.07) is 6.01. The monoisotopic (exact) mass is 248 g/mol. The molecule has 0 spiro atoms. The number of ether oxygens (including phenoxy) is 1. The Labute approximate surface area is 108 Å². The first-order valence-electron chi connectivity index (χ1n) is 6.01. The zero-order chi connectivity index (χ0) is 13.7. The highest BCUT2D eigenvalue weighted by atomic mass is 16.5. The van der Waals surface area contributed by atoms with Crippen LogP contribution in [0, 0.1) is 0 Å². The van der Waals surface area contributed by atoms with Crippen molar-refractivity contribution in [3.05, 3.63) is 41.0 Å². The largest absolute Gasteiger partial charge is 0.496 e. The number of hydrogen-bond acceptors (Lipinski definition) is 2. The third-order valence-electron chi connectivity index (χ3n) is 2.77. The molecule has 1 aromatic rings. The minimum absolute atomic E-state index is 0.378. The molecule has 0 saturated heterocycles. The summed E-state index contributed by atoms with van der Waals surface area (Å²) < 4.78 is 5.32. The average molecular weight is 248 g/mol. The average Bonchev–Trinajstić information content (AvgIpc) is 2.27. The second kappa shape index (κ2) is 6.24. The number of rotatable bonds is 5. The van der Waals surface area contributed by atoms with Crippen LogP contribution in [0.4, 0.5) is 0 Å². The zero-order valence-corrected chi connectivity index (χ0v) is 11.4. The van der Waals surface area contributed by atoms with Crippen LogP contribution in [0.15, 0.2) is 29.8 Å². The van der Waals surface area contributed by atoms with Crippen molar-refractivity contribution in [2.75, 3.05) is 7.11 Å². The van der Waals surface area contributed by atoms with Crippen molar-refractivity contribution in [1.29, 1.82) is 0 Å². The van der Waals surface area contributed by atoms with Gasteiger partial charge in [0.1, 0.15) is 5.75 Å². The number of benzene rings is 1. The molecule has 0 amide bonds. The van der Waals surface area contributed by atoms with Gasteiger partial charge < -0.3 is 9.84 Å². The Hall–Kier alpha value is -1.77. The lowest BCUT2D eigenvalue weighted by Crippen LogP contribution is -1.98. The molecule has 0 heterocycles. The highest BCUT2D eigenvalue weighted by molar-refractivity contribution is 5.80. The van der Waals surface area contributed by atoms with E-state index in [-0.39, 0.29) is 0 Å². The lowest BCUT2D eigenvalue weighted by molar-refractivity contribution is -0.131. The summed E-state index contributed by atoms with van der Waals surface area (Å²) in [6.45, 7) is 6.05. The van der Waals surface area contributed by atoms with Crippen molar-refractivity contribution in [1.82, 2.24) is 0 Å². The smallest absolute Gasteiger partial charge is 0.328 e. The number of allylic oxidation sites excluding steroid dienone is 1. The van der Waals surface area contributed by atoms with E-state index in [9.17, 15) is 4.79 Å². The van der Waals surface area contributed by atoms with Crippen LogP contribution in [-0.4, -0.2) is 18.2 Å². The predicted molar refractivity (Wildman–Crippen MR) is 72.2 cm³/mol. The summed E-state index contributed by atoms with van der Waals surface area (Å²) in [5, 5.41) is 8.69. The molecule has 1 N–H and O–H groups in total. The van der Waals surface area contributed by atoms with Gasteiger partial charge in [0.2, 0.25) is 0 Å². The molecule has 18 heavy (non-hydrogen) atoms. The molecule has 0 fully saturated rings. The fourth-order valence-corrected chi connectivity index (χ4v) is 1.93. The molecule has 98 valence electrons. The lowest BCUT2D eigenvalue weighted by Gasteiger charge is -2.13. The van der Waals surface area contributed by atoms with E-state index in [2.05, 4.69) is 19.9 Å². The second-order valence-electron chi connectivity index (χ2n) is 4.74. The van der Waals surface area contributed by atoms with Crippen molar-refractivity contribution in [3.63, 3.8) is 0 Å². The normalized spacial score (nSPS) is 11.7. The molecule has 3 heteroatoms. The Bertz CT molecular complexity index is 459. The SMILES string of the molecule is COc1ccc(C/C(C)=C/C(=O)O)cc1C(C)C. The van der Waals surface area contributed by atoms with E-state index in [0.29, 0.717) is 12.3 Å². The Morgan fingerprint density at radius 3 is 2.61 bits per heavy atom. The summed E-state index contributed by atoms with van der Waals surface area (Å²) >= 11 is 0. The van der Waals surface area contributed by atoms with Gasteiger partial charge in [-0.1, -0.05) is 31.6 Å². The molecule has 0 radical (unpaired) electrons. The van der Waals surface area contributed by atoms with Crippen LogP contribution in [0.5, 0.6) is 5.75 Å². The third-order valence-corrected chi connectivity index (χ3v) is 2.77. The zero-order valence-electron chi connectivity index (χ0n) is 11.4. The van der Waals surface area contributed by atoms with Crippen LogP contribution in [0.1, 0.15) is 37.8 Å². The van der Waals surface area contributed by atoms with Crippen molar-refractivity contribution < 1.29 is 14.6 Å². The fraction of sp³-hybridized carbons (Fsp3) is 0.400. The summed E-state index contributed by atoms with van der Waals surface area (Å²) in [4.78, 5) is 10.6. The molecule has 0 atom stereocenters. The first kappa shape index (κ1) is 14.3. The van der Waals surface area contributed by atoms with Crippen LogP contribution in [-0.2, 0) is 11.2 Å². The van der Waals surface area contributed by atoms with Gasteiger partial charge in [-0.2, -0.15) is 0 Å². The third kappa shape index (κ3) is 3.91. The van der Waals surface area contributed by atoms with E-state index in [1.165, 1.54) is 6.08 Å². The Morgan fingerprint density at radius 1 is 1.44 bits per heavy atom. The Balaban J connectivity index is 2.98. The number of hydrogen-bond donors (Lipinski definition) is 1. The van der Waals surface area contributed by atoms with Gasteiger partial charge in [0, 0.05) is 6.08 Å². The number of carbonyl (C=O) groups is 1. The molecule has 0 unspecified atom stereocenters. The molecular formula is C15H20O3. The van der Waals surface area contributed by atoms with Crippen LogP contribution in [0.2, 0.25) is 0 Å².